The minimum absolute atomic E-state index is 0.843. The SMILES string of the molecule is Cn1ccnc1CN1CCN(Cc2ccc(-c3ccn[nH]3)o2)CC1. The van der Waals surface area contributed by atoms with Gasteiger partial charge in [-0.25, -0.2) is 4.98 Å². The maximum atomic E-state index is 5.92. The number of H-pyrrole nitrogens is 1. The van der Waals surface area contributed by atoms with Gasteiger partial charge in [0.15, 0.2) is 5.76 Å². The number of piperazine rings is 1. The average Bonchev–Trinajstić information content (AvgIpc) is 3.32. The summed E-state index contributed by atoms with van der Waals surface area (Å²) in [5.41, 5.74) is 0.918. The minimum atomic E-state index is 0.843. The fourth-order valence-electron chi connectivity index (χ4n) is 3.08. The van der Waals surface area contributed by atoms with Crippen LogP contribution in [-0.4, -0.2) is 55.7 Å². The highest BCUT2D eigenvalue weighted by molar-refractivity contribution is 5.51. The van der Waals surface area contributed by atoms with Crippen LogP contribution in [0.25, 0.3) is 11.5 Å². The normalized spacial score (nSPS) is 16.7. The van der Waals surface area contributed by atoms with Crippen molar-refractivity contribution in [3.05, 3.63) is 48.4 Å². The molecule has 0 saturated carbocycles. The highest BCUT2D eigenvalue weighted by Crippen LogP contribution is 2.21. The van der Waals surface area contributed by atoms with Crippen LogP contribution in [0, 0.1) is 0 Å². The number of hydrogen-bond donors (Lipinski definition) is 1. The van der Waals surface area contributed by atoms with Crippen LogP contribution in [0.5, 0.6) is 0 Å². The zero-order valence-corrected chi connectivity index (χ0v) is 13.9. The molecular formula is C17H22N6O. The third kappa shape index (κ3) is 3.27. The second-order valence-corrected chi connectivity index (χ2v) is 6.24. The monoisotopic (exact) mass is 326 g/mol. The number of imidazole rings is 1. The van der Waals surface area contributed by atoms with Gasteiger partial charge < -0.3 is 8.98 Å². The average molecular weight is 326 g/mol. The second-order valence-electron chi connectivity index (χ2n) is 6.24. The predicted octanol–water partition coefficient (Wildman–Crippen LogP) is 1.72. The molecule has 4 heterocycles. The summed E-state index contributed by atoms with van der Waals surface area (Å²) in [6, 6.07) is 5.97. The van der Waals surface area contributed by atoms with Crippen LogP contribution in [0.15, 0.2) is 41.2 Å². The van der Waals surface area contributed by atoms with Crippen molar-refractivity contribution in [3.63, 3.8) is 0 Å². The summed E-state index contributed by atoms with van der Waals surface area (Å²) in [6.07, 6.45) is 5.60. The van der Waals surface area contributed by atoms with E-state index in [0.717, 1.165) is 62.3 Å². The lowest BCUT2D eigenvalue weighted by Crippen LogP contribution is -2.45. The van der Waals surface area contributed by atoms with Crippen molar-refractivity contribution >= 4 is 0 Å². The molecule has 1 saturated heterocycles. The molecule has 0 aliphatic carbocycles. The fourth-order valence-corrected chi connectivity index (χ4v) is 3.08. The van der Waals surface area contributed by atoms with Crippen molar-refractivity contribution in [3.8, 4) is 11.5 Å². The van der Waals surface area contributed by atoms with E-state index >= 15 is 0 Å². The topological polar surface area (TPSA) is 66.1 Å². The van der Waals surface area contributed by atoms with Crippen molar-refractivity contribution in [2.24, 2.45) is 7.05 Å². The molecule has 3 aromatic rings. The van der Waals surface area contributed by atoms with Crippen molar-refractivity contribution in [2.75, 3.05) is 26.2 Å². The quantitative estimate of drug-likeness (QED) is 0.773. The van der Waals surface area contributed by atoms with Crippen LogP contribution in [0.3, 0.4) is 0 Å². The van der Waals surface area contributed by atoms with E-state index < -0.39 is 0 Å². The molecule has 1 fully saturated rings. The third-order valence-corrected chi connectivity index (χ3v) is 4.56. The molecule has 4 rings (SSSR count). The van der Waals surface area contributed by atoms with Crippen molar-refractivity contribution < 1.29 is 4.42 Å². The fraction of sp³-hybridized carbons (Fsp3) is 0.412. The van der Waals surface area contributed by atoms with Gasteiger partial charge in [-0.1, -0.05) is 0 Å². The number of aryl methyl sites for hydroxylation is 1. The number of aromatic nitrogens is 4. The van der Waals surface area contributed by atoms with Crippen LogP contribution in [-0.2, 0) is 20.1 Å². The molecule has 0 bridgehead atoms. The Bertz CT molecular complexity index is 767. The van der Waals surface area contributed by atoms with Gasteiger partial charge >= 0.3 is 0 Å². The van der Waals surface area contributed by atoms with Gasteiger partial charge in [0.1, 0.15) is 17.3 Å². The van der Waals surface area contributed by atoms with Crippen LogP contribution < -0.4 is 0 Å². The summed E-state index contributed by atoms with van der Waals surface area (Å²) in [5.74, 6) is 2.96. The Hall–Kier alpha value is -2.38. The molecule has 1 aliphatic rings. The van der Waals surface area contributed by atoms with E-state index in [9.17, 15) is 0 Å². The molecule has 24 heavy (non-hydrogen) atoms. The van der Waals surface area contributed by atoms with E-state index in [1.54, 1.807) is 6.20 Å². The molecule has 126 valence electrons. The second kappa shape index (κ2) is 6.62. The number of furan rings is 1. The number of nitrogens with zero attached hydrogens (tertiary/aromatic N) is 5. The predicted molar refractivity (Wildman–Crippen MR) is 90.1 cm³/mol. The van der Waals surface area contributed by atoms with Crippen molar-refractivity contribution in [1.82, 2.24) is 29.5 Å². The molecule has 0 aromatic carbocycles. The largest absolute Gasteiger partial charge is 0.458 e. The van der Waals surface area contributed by atoms with Crippen LogP contribution in [0.2, 0.25) is 0 Å². The molecule has 1 aliphatic heterocycles. The van der Waals surface area contributed by atoms with Gasteiger partial charge in [0.25, 0.3) is 0 Å². The molecule has 0 atom stereocenters. The first-order valence-electron chi connectivity index (χ1n) is 8.27. The Morgan fingerprint density at radius 2 is 1.83 bits per heavy atom. The summed E-state index contributed by atoms with van der Waals surface area (Å²) in [4.78, 5) is 9.30. The Balaban J connectivity index is 1.30. The van der Waals surface area contributed by atoms with Gasteiger partial charge in [-0.15, -0.1) is 0 Å². The number of nitrogens with one attached hydrogen (secondary N) is 1. The molecule has 7 nitrogen and oxygen atoms in total. The molecular weight excluding hydrogens is 304 g/mol. The van der Waals surface area contributed by atoms with E-state index in [1.165, 1.54) is 0 Å². The maximum absolute atomic E-state index is 5.92. The lowest BCUT2D eigenvalue weighted by molar-refractivity contribution is 0.113. The Labute approximate surface area is 140 Å². The molecule has 0 radical (unpaired) electrons. The zero-order valence-electron chi connectivity index (χ0n) is 13.9. The molecule has 0 unspecified atom stereocenters. The van der Waals surface area contributed by atoms with Crippen LogP contribution in [0.4, 0.5) is 0 Å². The Kier molecular flexibility index (Phi) is 4.18. The van der Waals surface area contributed by atoms with Crippen LogP contribution in [0.1, 0.15) is 11.6 Å². The lowest BCUT2D eigenvalue weighted by atomic mass is 10.3. The van der Waals surface area contributed by atoms with Gasteiger partial charge in [0, 0.05) is 51.8 Å². The van der Waals surface area contributed by atoms with Gasteiger partial charge in [-0.05, 0) is 18.2 Å². The Morgan fingerprint density at radius 1 is 1.04 bits per heavy atom. The number of rotatable bonds is 5. The molecule has 0 amide bonds. The van der Waals surface area contributed by atoms with E-state index in [0.29, 0.717) is 0 Å². The first-order chi connectivity index (χ1) is 11.8. The standard InChI is InChI=1S/C17H22N6O/c1-21-7-6-18-17(21)13-23-10-8-22(9-11-23)12-14-2-3-16(24-14)15-4-5-19-20-15/h2-7H,8-13H2,1H3,(H,19,20). The van der Waals surface area contributed by atoms with E-state index in [4.69, 9.17) is 4.42 Å². The molecule has 0 spiro atoms. The number of aromatic amines is 1. The van der Waals surface area contributed by atoms with Gasteiger partial charge in [-0.3, -0.25) is 14.9 Å². The van der Waals surface area contributed by atoms with Gasteiger partial charge in [-0.2, -0.15) is 5.10 Å². The summed E-state index contributed by atoms with van der Waals surface area (Å²) in [6.45, 7) is 5.98. The first kappa shape index (κ1) is 15.2. The highest BCUT2D eigenvalue weighted by Gasteiger charge is 2.19. The van der Waals surface area contributed by atoms with Gasteiger partial charge in [0.05, 0.1) is 13.1 Å². The smallest absolute Gasteiger partial charge is 0.152 e. The molecule has 1 N–H and O–H groups in total. The van der Waals surface area contributed by atoms with E-state index in [2.05, 4.69) is 35.6 Å². The molecule has 3 aromatic heterocycles. The van der Waals surface area contributed by atoms with E-state index in [-0.39, 0.29) is 0 Å². The van der Waals surface area contributed by atoms with E-state index in [1.807, 2.05) is 31.6 Å². The maximum Gasteiger partial charge on any atom is 0.152 e. The lowest BCUT2D eigenvalue weighted by Gasteiger charge is -2.33. The summed E-state index contributed by atoms with van der Waals surface area (Å²) < 4.78 is 8.01. The van der Waals surface area contributed by atoms with Gasteiger partial charge in [0.2, 0.25) is 0 Å². The summed E-state index contributed by atoms with van der Waals surface area (Å²) in [7, 11) is 2.05. The minimum Gasteiger partial charge on any atom is -0.458 e. The van der Waals surface area contributed by atoms with Crippen molar-refractivity contribution in [1.29, 1.82) is 0 Å². The summed E-state index contributed by atoms with van der Waals surface area (Å²) in [5, 5.41) is 6.89. The highest BCUT2D eigenvalue weighted by atomic mass is 16.3. The Morgan fingerprint density at radius 3 is 2.50 bits per heavy atom. The first-order valence-corrected chi connectivity index (χ1v) is 8.27. The van der Waals surface area contributed by atoms with Crippen LogP contribution >= 0.6 is 0 Å². The third-order valence-electron chi connectivity index (χ3n) is 4.56. The van der Waals surface area contributed by atoms with Crippen molar-refractivity contribution in [2.45, 2.75) is 13.1 Å². The molecule has 7 heteroatoms. The number of hydrogen-bond acceptors (Lipinski definition) is 5. The summed E-state index contributed by atoms with van der Waals surface area (Å²) >= 11 is 0. The zero-order chi connectivity index (χ0) is 16.4.